The molecule has 2 aromatic rings. The summed E-state index contributed by atoms with van der Waals surface area (Å²) in [7, 11) is 0. The number of carbonyl (C=O) groups is 1. The van der Waals surface area contributed by atoms with E-state index in [1.165, 1.54) is 6.07 Å². The molecule has 1 saturated heterocycles. The minimum Gasteiger partial charge on any atom is -0.486 e. The van der Waals surface area contributed by atoms with Gasteiger partial charge in [-0.25, -0.2) is 8.78 Å². The van der Waals surface area contributed by atoms with Crippen LogP contribution in [0.5, 0.6) is 5.75 Å². The number of rotatable bonds is 6. The predicted octanol–water partition coefficient (Wildman–Crippen LogP) is 2.75. The lowest BCUT2D eigenvalue weighted by Gasteiger charge is -2.11. The highest BCUT2D eigenvalue weighted by molar-refractivity contribution is 5.93. The summed E-state index contributed by atoms with van der Waals surface area (Å²) in [6, 6.07) is 3.00. The van der Waals surface area contributed by atoms with Gasteiger partial charge in [0.2, 0.25) is 0 Å². The van der Waals surface area contributed by atoms with Gasteiger partial charge >= 0.3 is 0 Å². The number of nitrogens with one attached hydrogen (secondary N) is 1. The molecule has 1 atom stereocenters. The Hall–Kier alpha value is -2.48. The quantitative estimate of drug-likeness (QED) is 0.865. The number of halogens is 2. The van der Waals surface area contributed by atoms with Gasteiger partial charge in [0, 0.05) is 19.2 Å². The molecule has 134 valence electrons. The van der Waals surface area contributed by atoms with Crippen molar-refractivity contribution < 1.29 is 27.6 Å². The third-order valence-electron chi connectivity index (χ3n) is 3.98. The molecule has 2 heterocycles. The highest BCUT2D eigenvalue weighted by Gasteiger charge is 2.23. The fraction of sp³-hybridized carbons (Fsp3) is 0.412. The first-order valence-corrected chi connectivity index (χ1v) is 7.97. The van der Waals surface area contributed by atoms with Crippen LogP contribution in [-0.2, 0) is 11.3 Å². The van der Waals surface area contributed by atoms with Crippen molar-refractivity contribution in [2.24, 2.45) is 0 Å². The summed E-state index contributed by atoms with van der Waals surface area (Å²) < 4.78 is 42.4. The molecule has 0 radical (unpaired) electrons. The molecule has 1 aromatic heterocycles. The van der Waals surface area contributed by atoms with Crippen LogP contribution in [0.25, 0.3) is 0 Å². The van der Waals surface area contributed by atoms with Gasteiger partial charge in [-0.05, 0) is 31.9 Å². The fourth-order valence-corrected chi connectivity index (χ4v) is 2.58. The SMILES string of the molecule is Cc1onc(C(=O)NCC2CCCO2)c1COc1ccc(F)cc1F. The number of benzene rings is 1. The van der Waals surface area contributed by atoms with Gasteiger partial charge in [-0.1, -0.05) is 5.16 Å². The van der Waals surface area contributed by atoms with Crippen molar-refractivity contribution in [2.45, 2.75) is 32.5 Å². The molecule has 1 aliphatic rings. The molecule has 0 saturated carbocycles. The van der Waals surface area contributed by atoms with Crippen LogP contribution in [0.1, 0.15) is 34.7 Å². The van der Waals surface area contributed by atoms with Gasteiger partial charge in [0.1, 0.15) is 18.2 Å². The van der Waals surface area contributed by atoms with E-state index in [0.29, 0.717) is 24.5 Å². The van der Waals surface area contributed by atoms with Crippen LogP contribution >= 0.6 is 0 Å². The van der Waals surface area contributed by atoms with E-state index in [2.05, 4.69) is 10.5 Å². The molecule has 0 spiro atoms. The minimum atomic E-state index is -0.821. The van der Waals surface area contributed by atoms with Crippen LogP contribution in [0.4, 0.5) is 8.78 Å². The van der Waals surface area contributed by atoms with E-state index in [1.54, 1.807) is 6.92 Å². The number of amides is 1. The zero-order valence-corrected chi connectivity index (χ0v) is 13.7. The summed E-state index contributed by atoms with van der Waals surface area (Å²) in [6.07, 6.45) is 1.88. The number of nitrogens with zero attached hydrogens (tertiary/aromatic N) is 1. The van der Waals surface area contributed by atoms with Crippen molar-refractivity contribution in [2.75, 3.05) is 13.2 Å². The Morgan fingerprint density at radius 2 is 2.28 bits per heavy atom. The zero-order valence-electron chi connectivity index (χ0n) is 13.7. The van der Waals surface area contributed by atoms with E-state index in [9.17, 15) is 13.6 Å². The highest BCUT2D eigenvalue weighted by atomic mass is 19.1. The lowest BCUT2D eigenvalue weighted by atomic mass is 10.2. The monoisotopic (exact) mass is 352 g/mol. The molecular weight excluding hydrogens is 334 g/mol. The van der Waals surface area contributed by atoms with Crippen LogP contribution < -0.4 is 10.1 Å². The Kier molecular flexibility index (Phi) is 5.28. The fourth-order valence-electron chi connectivity index (χ4n) is 2.58. The average Bonchev–Trinajstić information content (AvgIpc) is 3.22. The van der Waals surface area contributed by atoms with E-state index in [0.717, 1.165) is 25.0 Å². The lowest BCUT2D eigenvalue weighted by molar-refractivity contribution is 0.0848. The second kappa shape index (κ2) is 7.60. The van der Waals surface area contributed by atoms with Crippen LogP contribution in [0, 0.1) is 18.6 Å². The molecule has 1 aliphatic heterocycles. The van der Waals surface area contributed by atoms with Gasteiger partial charge in [-0.3, -0.25) is 4.79 Å². The summed E-state index contributed by atoms with van der Waals surface area (Å²) >= 11 is 0. The van der Waals surface area contributed by atoms with Gasteiger partial charge in [0.15, 0.2) is 17.3 Å². The molecule has 8 heteroatoms. The largest absolute Gasteiger partial charge is 0.486 e. The van der Waals surface area contributed by atoms with Crippen molar-refractivity contribution >= 4 is 5.91 Å². The van der Waals surface area contributed by atoms with Crippen LogP contribution in [0.2, 0.25) is 0 Å². The maximum absolute atomic E-state index is 13.6. The molecule has 1 amide bonds. The molecule has 3 rings (SSSR count). The van der Waals surface area contributed by atoms with Gasteiger partial charge in [0.25, 0.3) is 5.91 Å². The summed E-state index contributed by atoms with van der Waals surface area (Å²) in [6.45, 7) is 2.59. The number of hydrogen-bond acceptors (Lipinski definition) is 5. The van der Waals surface area contributed by atoms with Crippen molar-refractivity contribution in [3.63, 3.8) is 0 Å². The molecule has 25 heavy (non-hydrogen) atoms. The van der Waals surface area contributed by atoms with E-state index in [1.807, 2.05) is 0 Å². The third kappa shape index (κ3) is 4.14. The number of aromatic nitrogens is 1. The summed E-state index contributed by atoms with van der Waals surface area (Å²) in [5.74, 6) is -1.65. The molecule has 0 aliphatic carbocycles. The molecule has 1 aromatic carbocycles. The van der Waals surface area contributed by atoms with Crippen LogP contribution in [-0.4, -0.2) is 30.3 Å². The van der Waals surface area contributed by atoms with E-state index in [4.69, 9.17) is 14.0 Å². The number of ether oxygens (including phenoxy) is 2. The van der Waals surface area contributed by atoms with E-state index < -0.39 is 17.5 Å². The first-order chi connectivity index (χ1) is 12.0. The topological polar surface area (TPSA) is 73.6 Å². The smallest absolute Gasteiger partial charge is 0.273 e. The maximum Gasteiger partial charge on any atom is 0.273 e. The van der Waals surface area contributed by atoms with Gasteiger partial charge in [-0.15, -0.1) is 0 Å². The lowest BCUT2D eigenvalue weighted by Crippen LogP contribution is -2.32. The Bertz CT molecular complexity index is 757. The molecule has 1 unspecified atom stereocenters. The molecule has 6 nitrogen and oxygen atoms in total. The average molecular weight is 352 g/mol. The normalized spacial score (nSPS) is 16.8. The zero-order chi connectivity index (χ0) is 17.8. The molecule has 1 fully saturated rings. The summed E-state index contributed by atoms with van der Waals surface area (Å²) in [5.41, 5.74) is 0.492. The van der Waals surface area contributed by atoms with Crippen LogP contribution in [0.3, 0.4) is 0 Å². The van der Waals surface area contributed by atoms with Crippen molar-refractivity contribution in [3.05, 3.63) is 46.9 Å². The second-order valence-corrected chi connectivity index (χ2v) is 5.77. The number of carbonyl (C=O) groups excluding carboxylic acids is 1. The highest BCUT2D eigenvalue weighted by Crippen LogP contribution is 2.21. The molecule has 1 N–H and O–H groups in total. The first-order valence-electron chi connectivity index (χ1n) is 7.97. The van der Waals surface area contributed by atoms with Crippen molar-refractivity contribution in [3.8, 4) is 5.75 Å². The maximum atomic E-state index is 13.6. The van der Waals surface area contributed by atoms with Gasteiger partial charge in [-0.2, -0.15) is 0 Å². The molecular formula is C17H18F2N2O4. The number of aryl methyl sites for hydroxylation is 1. The number of hydrogen-bond donors (Lipinski definition) is 1. The van der Waals surface area contributed by atoms with Crippen LogP contribution in [0.15, 0.2) is 22.7 Å². The van der Waals surface area contributed by atoms with Crippen molar-refractivity contribution in [1.82, 2.24) is 10.5 Å². The Balaban J connectivity index is 1.65. The standard InChI is InChI=1S/C17H18F2N2O4/c1-10-13(9-24-15-5-4-11(18)7-14(15)19)16(21-25-10)17(22)20-8-12-3-2-6-23-12/h4-5,7,12H,2-3,6,8-9H2,1H3,(H,20,22). The summed E-state index contributed by atoms with van der Waals surface area (Å²) in [4.78, 5) is 12.3. The Morgan fingerprint density at radius 1 is 1.44 bits per heavy atom. The second-order valence-electron chi connectivity index (χ2n) is 5.77. The summed E-state index contributed by atoms with van der Waals surface area (Å²) in [5, 5.41) is 6.49. The van der Waals surface area contributed by atoms with E-state index in [-0.39, 0.29) is 24.2 Å². The molecule has 0 bridgehead atoms. The minimum absolute atomic E-state index is 0.00459. The third-order valence-corrected chi connectivity index (χ3v) is 3.98. The first kappa shape index (κ1) is 17.3. The van der Waals surface area contributed by atoms with Gasteiger partial charge in [0.05, 0.1) is 11.7 Å². The van der Waals surface area contributed by atoms with E-state index >= 15 is 0 Å². The Labute approximate surface area is 143 Å². The van der Waals surface area contributed by atoms with Crippen molar-refractivity contribution in [1.29, 1.82) is 0 Å². The predicted molar refractivity (Wildman–Crippen MR) is 83.2 cm³/mol. The van der Waals surface area contributed by atoms with Gasteiger partial charge < -0.3 is 19.3 Å². The Morgan fingerprint density at radius 3 is 3.00 bits per heavy atom.